The molecule has 1 aromatic carbocycles. The molecule has 0 amide bonds. The van der Waals surface area contributed by atoms with Crippen LogP contribution in [0, 0.1) is 13.8 Å². The molecular weight excluding hydrogens is 286 g/mol. The number of hydrogen-bond donors (Lipinski definition) is 2. The van der Waals surface area contributed by atoms with Gasteiger partial charge in [0.15, 0.2) is 0 Å². The smallest absolute Gasteiger partial charge is 0.318 e. The van der Waals surface area contributed by atoms with Crippen LogP contribution in [0.1, 0.15) is 11.1 Å². The third kappa shape index (κ3) is 4.04. The molecule has 1 rings (SSSR count). The van der Waals surface area contributed by atoms with Crippen molar-refractivity contribution >= 4 is 22.0 Å². The predicted octanol–water partition coefficient (Wildman–Crippen LogP) is 0.463. The predicted molar refractivity (Wildman–Crippen MR) is 69.9 cm³/mol. The second kappa shape index (κ2) is 6.02. The molecular formula is C12H15NO6S. The second-order valence-electron chi connectivity index (χ2n) is 4.38. The lowest BCUT2D eigenvalue weighted by Gasteiger charge is -2.18. The third-order valence-electron chi connectivity index (χ3n) is 2.46. The minimum Gasteiger partial charge on any atom is -0.480 e. The topological polar surface area (TPSA) is 112 Å². The fourth-order valence-electron chi connectivity index (χ4n) is 1.76. The van der Waals surface area contributed by atoms with Crippen molar-refractivity contribution in [3.05, 3.63) is 29.3 Å². The third-order valence-corrected chi connectivity index (χ3v) is 4.23. The van der Waals surface area contributed by atoms with Gasteiger partial charge in [-0.2, -0.15) is 4.31 Å². The molecule has 0 saturated carbocycles. The molecule has 0 saturated heterocycles. The van der Waals surface area contributed by atoms with Crippen molar-refractivity contribution in [2.75, 3.05) is 13.1 Å². The quantitative estimate of drug-likeness (QED) is 0.789. The monoisotopic (exact) mass is 301 g/mol. The molecule has 0 aliphatic carbocycles. The average Bonchev–Trinajstić information content (AvgIpc) is 2.25. The van der Waals surface area contributed by atoms with Crippen molar-refractivity contribution in [1.82, 2.24) is 4.31 Å². The van der Waals surface area contributed by atoms with Crippen LogP contribution in [-0.4, -0.2) is 48.0 Å². The lowest BCUT2D eigenvalue weighted by molar-refractivity contribution is -0.139. The van der Waals surface area contributed by atoms with E-state index < -0.39 is 35.1 Å². The zero-order valence-corrected chi connectivity index (χ0v) is 11.8. The maximum absolute atomic E-state index is 12.3. The summed E-state index contributed by atoms with van der Waals surface area (Å²) in [6.07, 6.45) is 0. The molecule has 0 aliphatic rings. The molecule has 0 aromatic heterocycles. The van der Waals surface area contributed by atoms with Gasteiger partial charge in [0.05, 0.1) is 4.90 Å². The van der Waals surface area contributed by atoms with Crippen molar-refractivity contribution in [3.8, 4) is 0 Å². The first-order valence-corrected chi connectivity index (χ1v) is 7.09. The first-order valence-electron chi connectivity index (χ1n) is 5.65. The van der Waals surface area contributed by atoms with Gasteiger partial charge in [-0.3, -0.25) is 9.59 Å². The lowest BCUT2D eigenvalue weighted by Crippen LogP contribution is -2.39. The summed E-state index contributed by atoms with van der Waals surface area (Å²) < 4.78 is 25.0. The van der Waals surface area contributed by atoms with Crippen LogP contribution >= 0.6 is 0 Å². The molecule has 0 aliphatic heterocycles. The van der Waals surface area contributed by atoms with E-state index in [0.717, 1.165) is 0 Å². The van der Waals surface area contributed by atoms with Gasteiger partial charge in [0.1, 0.15) is 13.1 Å². The summed E-state index contributed by atoms with van der Waals surface area (Å²) in [7, 11) is -4.16. The first kappa shape index (κ1) is 16.1. The summed E-state index contributed by atoms with van der Waals surface area (Å²) in [5, 5.41) is 17.4. The summed E-state index contributed by atoms with van der Waals surface area (Å²) in [5.74, 6) is -2.83. The number of aryl methyl sites for hydroxylation is 2. The standard InChI is InChI=1S/C12H15NO6S/c1-8-3-9(2)5-10(4-8)20(18,19)13(6-11(14)15)7-12(16)17/h3-5H,6-7H2,1-2H3,(H,14,15)(H,16,17). The number of benzene rings is 1. The SMILES string of the molecule is Cc1cc(C)cc(S(=O)(=O)N(CC(=O)O)CC(=O)O)c1. The normalized spacial score (nSPS) is 11.6. The van der Waals surface area contributed by atoms with Gasteiger partial charge in [0.2, 0.25) is 10.0 Å². The van der Waals surface area contributed by atoms with Crippen LogP contribution < -0.4 is 0 Å². The number of carboxylic acid groups (broad SMARTS) is 2. The maximum Gasteiger partial charge on any atom is 0.318 e. The summed E-state index contributed by atoms with van der Waals surface area (Å²) in [5.41, 5.74) is 1.38. The molecule has 8 heteroatoms. The lowest BCUT2D eigenvalue weighted by atomic mass is 10.2. The van der Waals surface area contributed by atoms with Gasteiger partial charge >= 0.3 is 11.9 Å². The summed E-state index contributed by atoms with van der Waals surface area (Å²) in [4.78, 5) is 21.3. The molecule has 0 fully saturated rings. The fraction of sp³-hybridized carbons (Fsp3) is 0.333. The van der Waals surface area contributed by atoms with Gasteiger partial charge in [-0.1, -0.05) is 6.07 Å². The molecule has 0 radical (unpaired) electrons. The van der Waals surface area contributed by atoms with Crippen LogP contribution in [0.4, 0.5) is 0 Å². The van der Waals surface area contributed by atoms with Crippen LogP contribution in [0.3, 0.4) is 0 Å². The number of sulfonamides is 1. The van der Waals surface area contributed by atoms with Gasteiger partial charge < -0.3 is 10.2 Å². The fourth-order valence-corrected chi connectivity index (χ4v) is 3.29. The van der Waals surface area contributed by atoms with Crippen molar-refractivity contribution in [1.29, 1.82) is 0 Å². The molecule has 7 nitrogen and oxygen atoms in total. The molecule has 0 bridgehead atoms. The summed E-state index contributed by atoms with van der Waals surface area (Å²) in [6, 6.07) is 4.51. The largest absolute Gasteiger partial charge is 0.480 e. The summed E-state index contributed by atoms with van der Waals surface area (Å²) in [6.45, 7) is 1.60. The minimum atomic E-state index is -4.16. The van der Waals surface area contributed by atoms with E-state index in [1.807, 2.05) is 0 Å². The van der Waals surface area contributed by atoms with Crippen LogP contribution in [0.2, 0.25) is 0 Å². The van der Waals surface area contributed by atoms with E-state index in [-0.39, 0.29) is 4.90 Å². The van der Waals surface area contributed by atoms with Crippen LogP contribution in [-0.2, 0) is 19.6 Å². The van der Waals surface area contributed by atoms with E-state index in [2.05, 4.69) is 0 Å². The molecule has 110 valence electrons. The molecule has 2 N–H and O–H groups in total. The molecule has 20 heavy (non-hydrogen) atoms. The average molecular weight is 301 g/mol. The van der Waals surface area contributed by atoms with E-state index in [1.165, 1.54) is 12.1 Å². The number of aliphatic carboxylic acids is 2. The highest BCUT2D eigenvalue weighted by atomic mass is 32.2. The maximum atomic E-state index is 12.3. The van der Waals surface area contributed by atoms with Gasteiger partial charge in [0.25, 0.3) is 0 Å². The highest BCUT2D eigenvalue weighted by molar-refractivity contribution is 7.89. The number of carbonyl (C=O) groups is 2. The van der Waals surface area contributed by atoms with Crippen LogP contribution in [0.25, 0.3) is 0 Å². The Morgan fingerprint density at radius 3 is 1.75 bits per heavy atom. The van der Waals surface area contributed by atoms with Gasteiger partial charge in [-0.25, -0.2) is 8.42 Å². The van der Waals surface area contributed by atoms with E-state index in [1.54, 1.807) is 19.9 Å². The summed E-state index contributed by atoms with van der Waals surface area (Å²) >= 11 is 0. The van der Waals surface area contributed by atoms with Crippen molar-refractivity contribution in [2.45, 2.75) is 18.7 Å². The van der Waals surface area contributed by atoms with Gasteiger partial charge in [-0.05, 0) is 37.1 Å². The van der Waals surface area contributed by atoms with Crippen molar-refractivity contribution in [3.63, 3.8) is 0 Å². The molecule has 0 spiro atoms. The number of rotatable bonds is 6. The Hall–Kier alpha value is -1.93. The Morgan fingerprint density at radius 1 is 1.00 bits per heavy atom. The Balaban J connectivity index is 3.27. The van der Waals surface area contributed by atoms with Crippen LogP contribution in [0.15, 0.2) is 23.1 Å². The van der Waals surface area contributed by atoms with Gasteiger partial charge in [0, 0.05) is 0 Å². The van der Waals surface area contributed by atoms with Crippen molar-refractivity contribution in [2.24, 2.45) is 0 Å². The second-order valence-corrected chi connectivity index (χ2v) is 6.32. The van der Waals surface area contributed by atoms with Crippen LogP contribution in [0.5, 0.6) is 0 Å². The number of nitrogens with zero attached hydrogens (tertiary/aromatic N) is 1. The Bertz CT molecular complexity index is 601. The van der Waals surface area contributed by atoms with Gasteiger partial charge in [-0.15, -0.1) is 0 Å². The Kier molecular flexibility index (Phi) is 4.85. The van der Waals surface area contributed by atoms with E-state index in [0.29, 0.717) is 15.4 Å². The Labute approximate surface area is 116 Å². The zero-order chi connectivity index (χ0) is 15.5. The highest BCUT2D eigenvalue weighted by Gasteiger charge is 2.28. The number of carboxylic acids is 2. The van der Waals surface area contributed by atoms with Crippen molar-refractivity contribution < 1.29 is 28.2 Å². The Morgan fingerprint density at radius 2 is 1.40 bits per heavy atom. The number of hydrogen-bond acceptors (Lipinski definition) is 4. The highest BCUT2D eigenvalue weighted by Crippen LogP contribution is 2.18. The first-order chi connectivity index (χ1) is 9.12. The van der Waals surface area contributed by atoms with E-state index >= 15 is 0 Å². The molecule has 0 unspecified atom stereocenters. The van der Waals surface area contributed by atoms with E-state index in [4.69, 9.17) is 10.2 Å². The minimum absolute atomic E-state index is 0.113. The molecule has 1 aromatic rings. The zero-order valence-electron chi connectivity index (χ0n) is 11.0. The molecule has 0 atom stereocenters. The van der Waals surface area contributed by atoms with E-state index in [9.17, 15) is 18.0 Å². The molecule has 0 heterocycles.